The van der Waals surface area contributed by atoms with Crippen molar-refractivity contribution < 1.29 is 29.5 Å². The van der Waals surface area contributed by atoms with Crippen molar-refractivity contribution in [1.29, 1.82) is 0 Å². The minimum atomic E-state index is -1.02. The Morgan fingerprint density at radius 3 is 2.73 bits per heavy atom. The molecular formula is C16H22O6. The lowest BCUT2D eigenvalue weighted by molar-refractivity contribution is -0.179. The van der Waals surface area contributed by atoms with Crippen molar-refractivity contribution in [1.82, 2.24) is 0 Å². The first-order valence-corrected chi connectivity index (χ1v) is 7.64. The maximum Gasteiger partial charge on any atom is 0.119 e. The first-order valence-electron chi connectivity index (χ1n) is 7.64. The molecule has 0 bridgehead atoms. The molecule has 3 rings (SSSR count). The van der Waals surface area contributed by atoms with Gasteiger partial charge in [0.2, 0.25) is 0 Å². The van der Waals surface area contributed by atoms with Crippen LogP contribution in [0.1, 0.15) is 24.5 Å². The summed E-state index contributed by atoms with van der Waals surface area (Å²) in [4.78, 5) is 0. The molecule has 22 heavy (non-hydrogen) atoms. The van der Waals surface area contributed by atoms with Crippen molar-refractivity contribution in [3.63, 3.8) is 0 Å². The van der Waals surface area contributed by atoms with Gasteiger partial charge in [-0.3, -0.25) is 0 Å². The molecule has 0 spiro atoms. The molecule has 0 aromatic heterocycles. The molecule has 0 aliphatic carbocycles. The number of hydrogen-bond acceptors (Lipinski definition) is 6. The van der Waals surface area contributed by atoms with Gasteiger partial charge >= 0.3 is 0 Å². The van der Waals surface area contributed by atoms with E-state index in [4.69, 9.17) is 14.2 Å². The summed E-state index contributed by atoms with van der Waals surface area (Å²) in [7, 11) is 0. The fourth-order valence-electron chi connectivity index (χ4n) is 2.73. The first kappa shape index (κ1) is 15.7. The molecule has 5 atom stereocenters. The minimum Gasteiger partial charge on any atom is -0.491 e. The zero-order valence-corrected chi connectivity index (χ0v) is 12.3. The molecule has 1 aromatic rings. The van der Waals surface area contributed by atoms with E-state index in [0.29, 0.717) is 12.4 Å². The van der Waals surface area contributed by atoms with E-state index >= 15 is 0 Å². The minimum absolute atomic E-state index is 0.153. The van der Waals surface area contributed by atoms with Gasteiger partial charge in [-0.25, -0.2) is 0 Å². The fourth-order valence-corrected chi connectivity index (χ4v) is 2.73. The third kappa shape index (κ3) is 3.42. The van der Waals surface area contributed by atoms with E-state index in [2.05, 4.69) is 0 Å². The van der Waals surface area contributed by atoms with E-state index < -0.39 is 24.4 Å². The normalized spacial score (nSPS) is 35.0. The Morgan fingerprint density at radius 2 is 2.05 bits per heavy atom. The summed E-state index contributed by atoms with van der Waals surface area (Å²) >= 11 is 0. The molecular weight excluding hydrogens is 288 g/mol. The van der Waals surface area contributed by atoms with E-state index in [1.54, 1.807) is 6.07 Å². The maximum absolute atomic E-state index is 10.1. The van der Waals surface area contributed by atoms with Crippen LogP contribution in [0.15, 0.2) is 24.3 Å². The van der Waals surface area contributed by atoms with Gasteiger partial charge in [-0.2, -0.15) is 0 Å². The number of rotatable bonds is 5. The molecule has 0 saturated carbocycles. The highest BCUT2D eigenvalue weighted by molar-refractivity contribution is 5.31. The Balaban J connectivity index is 1.69. The van der Waals surface area contributed by atoms with Gasteiger partial charge in [0.1, 0.15) is 24.6 Å². The Kier molecular flexibility index (Phi) is 4.95. The van der Waals surface area contributed by atoms with E-state index in [1.807, 2.05) is 18.2 Å². The zero-order valence-electron chi connectivity index (χ0n) is 12.3. The summed E-state index contributed by atoms with van der Waals surface area (Å²) in [5, 5.41) is 29.3. The molecule has 2 saturated heterocycles. The average molecular weight is 310 g/mol. The van der Waals surface area contributed by atoms with Crippen molar-refractivity contribution in [2.24, 2.45) is 0 Å². The Hall–Kier alpha value is -1.18. The second kappa shape index (κ2) is 6.93. The summed E-state index contributed by atoms with van der Waals surface area (Å²) in [6.45, 7) is 1.10. The van der Waals surface area contributed by atoms with E-state index in [0.717, 1.165) is 18.6 Å². The third-order valence-electron chi connectivity index (χ3n) is 4.17. The Labute approximate surface area is 129 Å². The number of ether oxygens (including phenoxy) is 3. The van der Waals surface area contributed by atoms with Crippen molar-refractivity contribution in [3.8, 4) is 5.75 Å². The highest BCUT2D eigenvalue weighted by Gasteiger charge is 2.37. The average Bonchev–Trinajstić information content (AvgIpc) is 2.48. The Morgan fingerprint density at radius 1 is 1.23 bits per heavy atom. The molecule has 0 radical (unpaired) electrons. The predicted octanol–water partition coefficient (Wildman–Crippen LogP) is 0.398. The molecule has 6 heteroatoms. The quantitative estimate of drug-likeness (QED) is 0.729. The SMILES string of the molecule is OCC1CC(O)C(O)C(c2cccc(OCC3CCO3)c2)O1. The molecule has 0 amide bonds. The van der Waals surface area contributed by atoms with Crippen LogP contribution in [0, 0.1) is 0 Å². The van der Waals surface area contributed by atoms with Crippen LogP contribution in [-0.4, -0.2) is 59.6 Å². The largest absolute Gasteiger partial charge is 0.491 e. The van der Waals surface area contributed by atoms with E-state index in [-0.39, 0.29) is 19.1 Å². The Bertz CT molecular complexity index is 489. The van der Waals surface area contributed by atoms with Crippen LogP contribution >= 0.6 is 0 Å². The monoisotopic (exact) mass is 310 g/mol. The van der Waals surface area contributed by atoms with Gasteiger partial charge in [0.15, 0.2) is 0 Å². The van der Waals surface area contributed by atoms with Crippen LogP contribution in [0.3, 0.4) is 0 Å². The van der Waals surface area contributed by atoms with Crippen LogP contribution in [0.5, 0.6) is 5.75 Å². The number of hydrogen-bond donors (Lipinski definition) is 3. The van der Waals surface area contributed by atoms with Gasteiger partial charge in [0.05, 0.1) is 24.9 Å². The highest BCUT2D eigenvalue weighted by atomic mass is 16.5. The summed E-state index contributed by atoms with van der Waals surface area (Å²) in [5.41, 5.74) is 0.719. The summed E-state index contributed by atoms with van der Waals surface area (Å²) < 4.78 is 16.7. The van der Waals surface area contributed by atoms with E-state index in [1.165, 1.54) is 0 Å². The van der Waals surface area contributed by atoms with Gasteiger partial charge in [0.25, 0.3) is 0 Å². The molecule has 122 valence electrons. The molecule has 2 heterocycles. The second-order valence-electron chi connectivity index (χ2n) is 5.82. The molecule has 2 aliphatic rings. The van der Waals surface area contributed by atoms with Gasteiger partial charge < -0.3 is 29.5 Å². The fraction of sp³-hybridized carbons (Fsp3) is 0.625. The number of aliphatic hydroxyl groups excluding tert-OH is 3. The molecule has 1 aromatic carbocycles. The third-order valence-corrected chi connectivity index (χ3v) is 4.17. The van der Waals surface area contributed by atoms with Gasteiger partial charge in [-0.1, -0.05) is 12.1 Å². The molecule has 2 aliphatic heterocycles. The van der Waals surface area contributed by atoms with Crippen molar-refractivity contribution in [3.05, 3.63) is 29.8 Å². The van der Waals surface area contributed by atoms with Crippen LogP contribution in [0.2, 0.25) is 0 Å². The summed E-state index contributed by atoms with van der Waals surface area (Å²) in [5.74, 6) is 0.671. The van der Waals surface area contributed by atoms with Crippen LogP contribution in [0.25, 0.3) is 0 Å². The molecule has 3 N–H and O–H groups in total. The topological polar surface area (TPSA) is 88.4 Å². The summed E-state index contributed by atoms with van der Waals surface area (Å²) in [6.07, 6.45) is -1.70. The van der Waals surface area contributed by atoms with Gasteiger partial charge in [0, 0.05) is 19.4 Å². The molecule has 5 unspecified atom stereocenters. The lowest BCUT2D eigenvalue weighted by Gasteiger charge is -2.37. The van der Waals surface area contributed by atoms with E-state index in [9.17, 15) is 15.3 Å². The zero-order chi connectivity index (χ0) is 15.5. The smallest absolute Gasteiger partial charge is 0.119 e. The predicted molar refractivity (Wildman–Crippen MR) is 77.6 cm³/mol. The van der Waals surface area contributed by atoms with Crippen LogP contribution in [0.4, 0.5) is 0 Å². The lowest BCUT2D eigenvalue weighted by Crippen LogP contribution is -2.44. The van der Waals surface area contributed by atoms with Crippen molar-refractivity contribution >= 4 is 0 Å². The number of aliphatic hydroxyl groups is 3. The van der Waals surface area contributed by atoms with Crippen molar-refractivity contribution in [2.75, 3.05) is 19.8 Å². The highest BCUT2D eigenvalue weighted by Crippen LogP contribution is 2.33. The lowest BCUT2D eigenvalue weighted by atomic mass is 9.93. The summed E-state index contributed by atoms with van der Waals surface area (Å²) in [6, 6.07) is 7.25. The molecule has 2 fully saturated rings. The van der Waals surface area contributed by atoms with Gasteiger partial charge in [-0.15, -0.1) is 0 Å². The van der Waals surface area contributed by atoms with Crippen LogP contribution < -0.4 is 4.74 Å². The van der Waals surface area contributed by atoms with Crippen LogP contribution in [-0.2, 0) is 9.47 Å². The first-order chi connectivity index (χ1) is 10.7. The van der Waals surface area contributed by atoms with Gasteiger partial charge in [-0.05, 0) is 17.7 Å². The number of benzene rings is 1. The second-order valence-corrected chi connectivity index (χ2v) is 5.82. The van der Waals surface area contributed by atoms with Crippen molar-refractivity contribution in [2.45, 2.75) is 43.4 Å². The maximum atomic E-state index is 10.1. The molecule has 6 nitrogen and oxygen atoms in total. The standard InChI is InChI=1S/C16H22O6/c17-8-13-7-14(18)15(19)16(22-13)10-2-1-3-11(6-10)21-9-12-4-5-20-12/h1-3,6,12-19H,4-5,7-9H2.